The average molecular weight is 519 g/mol. The average Bonchev–Trinajstić information content (AvgIpc) is 3.26. The fraction of sp³-hybridized carbons (Fsp3) is 0.269. The Bertz CT molecular complexity index is 1570. The number of anilines is 3. The second-order valence-electron chi connectivity index (χ2n) is 9.01. The first kappa shape index (κ1) is 25.0. The molecule has 12 heteroatoms. The minimum absolute atomic E-state index is 0.0953. The van der Waals surface area contributed by atoms with Crippen molar-refractivity contribution in [3.8, 4) is 17.7 Å². The van der Waals surface area contributed by atoms with E-state index in [0.717, 1.165) is 48.8 Å². The van der Waals surface area contributed by atoms with Gasteiger partial charge in [0.15, 0.2) is 28.8 Å². The maximum Gasteiger partial charge on any atom is 0.242 e. The number of nitrogens with one attached hydrogen (secondary N) is 1. The maximum absolute atomic E-state index is 15.3. The predicted octanol–water partition coefficient (Wildman–Crippen LogP) is 4.23. The number of likely N-dealkylation sites (N-methyl/N-ethyl adjacent to an activating group) is 1. The van der Waals surface area contributed by atoms with Crippen LogP contribution in [0, 0.1) is 29.9 Å². The predicted molar refractivity (Wildman–Crippen MR) is 137 cm³/mol. The molecule has 10 nitrogen and oxygen atoms in total. The first-order valence-corrected chi connectivity index (χ1v) is 11.9. The first-order valence-electron chi connectivity index (χ1n) is 11.9. The van der Waals surface area contributed by atoms with E-state index in [-0.39, 0.29) is 28.2 Å². The fourth-order valence-corrected chi connectivity index (χ4v) is 4.48. The minimum Gasteiger partial charge on any atom is -0.434 e. The number of halogens is 2. The number of rotatable bonds is 5. The third-order valence-electron chi connectivity index (χ3n) is 6.43. The molecule has 1 N–H and O–H groups in total. The zero-order chi connectivity index (χ0) is 27.0. The summed E-state index contributed by atoms with van der Waals surface area (Å²) in [6.07, 6.45) is 2.88. The van der Waals surface area contributed by atoms with Crippen LogP contribution in [0.1, 0.15) is 23.0 Å². The molecule has 0 spiro atoms. The quantitative estimate of drug-likeness (QED) is 0.415. The van der Waals surface area contributed by atoms with Crippen molar-refractivity contribution in [1.82, 2.24) is 24.4 Å². The molecule has 0 amide bonds. The van der Waals surface area contributed by atoms with Crippen LogP contribution in [0.15, 0.2) is 36.8 Å². The third-order valence-corrected chi connectivity index (χ3v) is 6.43. The number of ether oxygens (including phenoxy) is 1. The Kier molecular flexibility index (Phi) is 6.61. The van der Waals surface area contributed by atoms with Crippen molar-refractivity contribution in [3.63, 3.8) is 0 Å². The highest BCUT2D eigenvalue weighted by Gasteiger charge is 2.23. The lowest BCUT2D eigenvalue weighted by Crippen LogP contribution is -2.44. The monoisotopic (exact) mass is 518 g/mol. The highest BCUT2D eigenvalue weighted by Crippen LogP contribution is 2.35. The summed E-state index contributed by atoms with van der Waals surface area (Å²) < 4.78 is 36.9. The molecule has 1 aliphatic rings. The Balaban J connectivity index is 1.42. The SMILES string of the molecule is CC(=O)n1c(C)cc2c(F)c(Oc3ncnc(Nc4ccc(N5CCN(C)CC5)cn4)c3C#N)cc(F)c21. The summed E-state index contributed by atoms with van der Waals surface area (Å²) in [6.45, 7) is 6.57. The highest BCUT2D eigenvalue weighted by molar-refractivity contribution is 5.94. The summed E-state index contributed by atoms with van der Waals surface area (Å²) in [7, 11) is 2.09. The van der Waals surface area contributed by atoms with Crippen molar-refractivity contribution in [2.75, 3.05) is 43.4 Å². The van der Waals surface area contributed by atoms with Gasteiger partial charge in [0.2, 0.25) is 11.8 Å². The van der Waals surface area contributed by atoms with Crippen molar-refractivity contribution < 1.29 is 18.3 Å². The molecule has 1 fully saturated rings. The van der Waals surface area contributed by atoms with Crippen molar-refractivity contribution in [2.45, 2.75) is 13.8 Å². The van der Waals surface area contributed by atoms with Crippen LogP contribution >= 0.6 is 0 Å². The van der Waals surface area contributed by atoms with Crippen molar-refractivity contribution >= 4 is 34.1 Å². The van der Waals surface area contributed by atoms with Gasteiger partial charge >= 0.3 is 0 Å². The van der Waals surface area contributed by atoms with Gasteiger partial charge in [-0.15, -0.1) is 0 Å². The maximum atomic E-state index is 15.3. The van der Waals surface area contributed by atoms with Crippen LogP contribution in [0.25, 0.3) is 10.9 Å². The summed E-state index contributed by atoms with van der Waals surface area (Å²) in [5.74, 6) is -2.40. The van der Waals surface area contributed by atoms with E-state index < -0.39 is 23.3 Å². The molecule has 3 aromatic heterocycles. The number of pyridine rings is 1. The van der Waals surface area contributed by atoms with Crippen LogP contribution in [-0.2, 0) is 0 Å². The van der Waals surface area contributed by atoms with Crippen LogP contribution in [0.5, 0.6) is 11.6 Å². The van der Waals surface area contributed by atoms with E-state index in [0.29, 0.717) is 11.5 Å². The fourth-order valence-electron chi connectivity index (χ4n) is 4.48. The van der Waals surface area contributed by atoms with Crippen molar-refractivity contribution in [2.24, 2.45) is 0 Å². The summed E-state index contributed by atoms with van der Waals surface area (Å²) in [5, 5.41) is 12.6. The number of benzene rings is 1. The lowest BCUT2D eigenvalue weighted by atomic mass is 10.2. The summed E-state index contributed by atoms with van der Waals surface area (Å²) in [6, 6.07) is 7.83. The third kappa shape index (κ3) is 4.59. The van der Waals surface area contributed by atoms with E-state index in [4.69, 9.17) is 4.74 Å². The van der Waals surface area contributed by atoms with E-state index in [9.17, 15) is 14.4 Å². The van der Waals surface area contributed by atoms with Crippen LogP contribution in [0.3, 0.4) is 0 Å². The molecule has 5 rings (SSSR count). The molecule has 0 unspecified atom stereocenters. The highest BCUT2D eigenvalue weighted by atomic mass is 19.1. The molecular formula is C26H24F2N8O2. The second-order valence-corrected chi connectivity index (χ2v) is 9.01. The van der Waals surface area contributed by atoms with E-state index in [1.807, 2.05) is 12.1 Å². The Morgan fingerprint density at radius 2 is 1.89 bits per heavy atom. The molecule has 0 bridgehead atoms. The molecular weight excluding hydrogens is 494 g/mol. The number of aromatic nitrogens is 4. The minimum atomic E-state index is -0.886. The van der Waals surface area contributed by atoms with Gasteiger partial charge in [-0.3, -0.25) is 9.36 Å². The zero-order valence-electron chi connectivity index (χ0n) is 21.0. The van der Waals surface area contributed by atoms with Gasteiger partial charge in [0, 0.05) is 50.2 Å². The molecule has 4 heterocycles. The Morgan fingerprint density at radius 1 is 1.13 bits per heavy atom. The molecule has 0 aliphatic carbocycles. The first-order chi connectivity index (χ1) is 18.3. The molecule has 0 saturated carbocycles. The van der Waals surface area contributed by atoms with Crippen LogP contribution < -0.4 is 15.0 Å². The van der Waals surface area contributed by atoms with Gasteiger partial charge in [-0.2, -0.15) is 5.26 Å². The van der Waals surface area contributed by atoms with Gasteiger partial charge in [-0.05, 0) is 32.2 Å². The Hall–Kier alpha value is -4.63. The number of nitrogens with zero attached hydrogens (tertiary/aromatic N) is 7. The number of hydrogen-bond acceptors (Lipinski definition) is 9. The molecule has 194 valence electrons. The number of hydrogen-bond donors (Lipinski definition) is 1. The number of carbonyl (C=O) groups is 1. The van der Waals surface area contributed by atoms with Crippen LogP contribution in [-0.4, -0.2) is 63.6 Å². The molecule has 4 aromatic rings. The smallest absolute Gasteiger partial charge is 0.242 e. The molecule has 1 aromatic carbocycles. The van der Waals surface area contributed by atoms with E-state index in [1.165, 1.54) is 13.0 Å². The molecule has 1 aliphatic heterocycles. The van der Waals surface area contributed by atoms with Crippen LogP contribution in [0.2, 0.25) is 0 Å². The van der Waals surface area contributed by atoms with Crippen LogP contribution in [0.4, 0.5) is 26.1 Å². The van der Waals surface area contributed by atoms with Gasteiger partial charge < -0.3 is 19.9 Å². The largest absolute Gasteiger partial charge is 0.434 e. The van der Waals surface area contributed by atoms with Gasteiger partial charge in [-0.1, -0.05) is 0 Å². The standard InChI is InChI=1S/C26H24F2N8O2/c1-15-10-18-23(28)21(11-20(27)24(18)36(15)16(2)37)38-26-19(12-29)25(31-14-32-26)33-22-5-4-17(13-30-22)35-8-6-34(3)7-9-35/h4-5,10-11,13-14H,6-9H2,1-3H3,(H,30,31,32,33). The van der Waals surface area contributed by atoms with Gasteiger partial charge in [-0.25, -0.2) is 23.7 Å². The lowest BCUT2D eigenvalue weighted by molar-refractivity contribution is 0.0939. The van der Waals surface area contributed by atoms with Gasteiger partial charge in [0.05, 0.1) is 17.4 Å². The summed E-state index contributed by atoms with van der Waals surface area (Å²) in [5.41, 5.74) is 1.06. The zero-order valence-corrected chi connectivity index (χ0v) is 21.0. The molecule has 1 saturated heterocycles. The number of fused-ring (bicyclic) bond motifs is 1. The number of piperazine rings is 1. The van der Waals surface area contributed by atoms with E-state index in [2.05, 4.69) is 37.1 Å². The number of carbonyl (C=O) groups excluding carboxylic acids is 1. The van der Waals surface area contributed by atoms with E-state index >= 15 is 4.39 Å². The number of nitriles is 1. The summed E-state index contributed by atoms with van der Waals surface area (Å²) in [4.78, 5) is 28.9. The second kappa shape index (κ2) is 10.0. The van der Waals surface area contributed by atoms with Gasteiger partial charge in [0.1, 0.15) is 18.2 Å². The van der Waals surface area contributed by atoms with Gasteiger partial charge in [0.25, 0.3) is 0 Å². The topological polar surface area (TPSA) is 112 Å². The Morgan fingerprint density at radius 3 is 2.55 bits per heavy atom. The number of aryl methyl sites for hydroxylation is 1. The Labute approximate surface area is 217 Å². The van der Waals surface area contributed by atoms with Crippen molar-refractivity contribution in [3.05, 3.63) is 59.7 Å². The normalized spacial score (nSPS) is 13.9. The van der Waals surface area contributed by atoms with Crippen molar-refractivity contribution in [1.29, 1.82) is 5.26 Å². The summed E-state index contributed by atoms with van der Waals surface area (Å²) >= 11 is 0. The lowest BCUT2D eigenvalue weighted by Gasteiger charge is -2.33. The van der Waals surface area contributed by atoms with E-state index in [1.54, 1.807) is 19.2 Å². The molecule has 38 heavy (non-hydrogen) atoms. The molecule has 0 radical (unpaired) electrons. The molecule has 0 atom stereocenters.